The molecule has 0 saturated carbocycles. The van der Waals surface area contributed by atoms with E-state index in [1.54, 1.807) is 0 Å². The normalized spacial score (nSPS) is 11.5. The van der Waals surface area contributed by atoms with Crippen LogP contribution in [0.1, 0.15) is 38.0 Å². The molecule has 2 aromatic heterocycles. The summed E-state index contributed by atoms with van der Waals surface area (Å²) < 4.78 is 5.32. The summed E-state index contributed by atoms with van der Waals surface area (Å²) in [6, 6.07) is 0. The van der Waals surface area contributed by atoms with Crippen molar-refractivity contribution in [1.29, 1.82) is 0 Å². The van der Waals surface area contributed by atoms with Crippen LogP contribution in [0.5, 0.6) is 0 Å². The van der Waals surface area contributed by atoms with Crippen molar-refractivity contribution in [1.82, 2.24) is 24.6 Å². The smallest absolute Gasteiger partial charge is 0.123 e. The van der Waals surface area contributed by atoms with Gasteiger partial charge in [0.05, 0.1) is 29.0 Å². The average Bonchev–Trinajstić information content (AvgIpc) is 2.98. The second-order valence-electron chi connectivity index (χ2n) is 5.66. The van der Waals surface area contributed by atoms with Gasteiger partial charge in [-0.3, -0.25) is 4.68 Å². The van der Waals surface area contributed by atoms with Crippen LogP contribution in [-0.2, 0) is 19.6 Å². The summed E-state index contributed by atoms with van der Waals surface area (Å²) in [5.41, 5.74) is 2.23. The van der Waals surface area contributed by atoms with Gasteiger partial charge in [0.25, 0.3) is 0 Å². The molecule has 5 nitrogen and oxygen atoms in total. The van der Waals surface area contributed by atoms with Crippen LogP contribution in [0.2, 0.25) is 0 Å². The first-order chi connectivity index (χ1) is 10.0. The highest BCUT2D eigenvalue weighted by molar-refractivity contribution is 9.10. The highest BCUT2D eigenvalue weighted by Crippen LogP contribution is 2.22. The Bertz CT molecular complexity index is 585. The molecule has 2 aromatic rings. The van der Waals surface area contributed by atoms with E-state index in [0.717, 1.165) is 42.2 Å². The molecule has 0 saturated heterocycles. The van der Waals surface area contributed by atoms with Gasteiger partial charge in [-0.1, -0.05) is 13.8 Å². The molecule has 1 N–H and O–H groups in total. The van der Waals surface area contributed by atoms with E-state index in [9.17, 15) is 0 Å². The molecule has 0 aliphatic heterocycles. The third kappa shape index (κ3) is 3.95. The SMILES string of the molecule is CCn1nc(C)c(Br)c1Cn1ccnc1CNCC(C)C. The molecule has 0 aromatic carbocycles. The van der Waals surface area contributed by atoms with Crippen molar-refractivity contribution < 1.29 is 0 Å². The topological polar surface area (TPSA) is 47.7 Å². The van der Waals surface area contributed by atoms with Crippen molar-refractivity contribution >= 4 is 15.9 Å². The highest BCUT2D eigenvalue weighted by atomic mass is 79.9. The summed E-state index contributed by atoms with van der Waals surface area (Å²) in [5.74, 6) is 1.70. The van der Waals surface area contributed by atoms with Gasteiger partial charge in [0.15, 0.2) is 0 Å². The van der Waals surface area contributed by atoms with Crippen LogP contribution >= 0.6 is 15.9 Å². The molecule has 116 valence electrons. The lowest BCUT2D eigenvalue weighted by Crippen LogP contribution is -2.22. The molecule has 0 fully saturated rings. The van der Waals surface area contributed by atoms with Crippen molar-refractivity contribution in [2.24, 2.45) is 5.92 Å². The molecule has 2 rings (SSSR count). The van der Waals surface area contributed by atoms with Crippen LogP contribution in [0.25, 0.3) is 0 Å². The fourth-order valence-corrected chi connectivity index (χ4v) is 2.71. The molecule has 2 heterocycles. The van der Waals surface area contributed by atoms with Crippen molar-refractivity contribution in [3.8, 4) is 0 Å². The van der Waals surface area contributed by atoms with E-state index in [1.165, 1.54) is 5.69 Å². The molecule has 0 atom stereocenters. The summed E-state index contributed by atoms with van der Waals surface area (Å²) in [5, 5.41) is 7.99. The molecular weight excluding hydrogens is 330 g/mol. The maximum atomic E-state index is 4.54. The maximum Gasteiger partial charge on any atom is 0.123 e. The third-order valence-electron chi connectivity index (χ3n) is 3.41. The number of rotatable bonds is 7. The lowest BCUT2D eigenvalue weighted by atomic mass is 10.2. The Balaban J connectivity index is 2.12. The zero-order valence-corrected chi connectivity index (χ0v) is 14.8. The number of hydrogen-bond donors (Lipinski definition) is 1. The van der Waals surface area contributed by atoms with Gasteiger partial charge in [-0.05, 0) is 42.2 Å². The summed E-state index contributed by atoms with van der Waals surface area (Å²) in [6.45, 7) is 12.0. The van der Waals surface area contributed by atoms with E-state index in [4.69, 9.17) is 0 Å². The largest absolute Gasteiger partial charge is 0.328 e. The van der Waals surface area contributed by atoms with Gasteiger partial charge in [0.1, 0.15) is 5.82 Å². The Kier molecular flexibility index (Phi) is 5.58. The van der Waals surface area contributed by atoms with Crippen LogP contribution in [0.15, 0.2) is 16.9 Å². The number of aromatic nitrogens is 4. The third-order valence-corrected chi connectivity index (χ3v) is 4.44. The predicted molar refractivity (Wildman–Crippen MR) is 88.2 cm³/mol. The highest BCUT2D eigenvalue weighted by Gasteiger charge is 2.14. The Morgan fingerprint density at radius 1 is 1.38 bits per heavy atom. The minimum absolute atomic E-state index is 0.645. The van der Waals surface area contributed by atoms with Gasteiger partial charge in [0, 0.05) is 18.9 Å². The van der Waals surface area contributed by atoms with Crippen LogP contribution < -0.4 is 5.32 Å². The second kappa shape index (κ2) is 7.22. The average molecular weight is 354 g/mol. The number of nitrogens with one attached hydrogen (secondary N) is 1. The molecule has 0 aliphatic rings. The molecule has 0 unspecified atom stereocenters. The minimum atomic E-state index is 0.645. The van der Waals surface area contributed by atoms with E-state index in [2.05, 4.69) is 56.7 Å². The second-order valence-corrected chi connectivity index (χ2v) is 6.45. The Hall–Kier alpha value is -1.14. The first kappa shape index (κ1) is 16.2. The zero-order valence-electron chi connectivity index (χ0n) is 13.2. The predicted octanol–water partition coefficient (Wildman–Crippen LogP) is 2.96. The lowest BCUT2D eigenvalue weighted by Gasteiger charge is -2.11. The minimum Gasteiger partial charge on any atom is -0.328 e. The van der Waals surface area contributed by atoms with Crippen molar-refractivity contribution in [3.05, 3.63) is 34.1 Å². The van der Waals surface area contributed by atoms with E-state index in [0.29, 0.717) is 5.92 Å². The van der Waals surface area contributed by atoms with Crippen LogP contribution in [0, 0.1) is 12.8 Å². The van der Waals surface area contributed by atoms with Crippen LogP contribution in [0.4, 0.5) is 0 Å². The van der Waals surface area contributed by atoms with Gasteiger partial charge < -0.3 is 9.88 Å². The molecular formula is C15H24BrN5. The Labute approximate surface area is 134 Å². The summed E-state index contributed by atoms with van der Waals surface area (Å²) in [6.07, 6.45) is 3.89. The molecule has 0 radical (unpaired) electrons. The van der Waals surface area contributed by atoms with Crippen molar-refractivity contribution in [2.75, 3.05) is 6.54 Å². The number of halogens is 1. The summed E-state index contributed by atoms with van der Waals surface area (Å²) in [4.78, 5) is 4.46. The van der Waals surface area contributed by atoms with Crippen LogP contribution in [0.3, 0.4) is 0 Å². The van der Waals surface area contributed by atoms with E-state index in [-0.39, 0.29) is 0 Å². The standard InChI is InChI=1S/C15H24BrN5/c1-5-21-13(15(16)12(4)19-21)10-20-7-6-18-14(20)9-17-8-11(2)3/h6-7,11,17H,5,8-10H2,1-4H3. The summed E-state index contributed by atoms with van der Waals surface area (Å²) in [7, 11) is 0. The monoisotopic (exact) mass is 353 g/mol. The van der Waals surface area contributed by atoms with Crippen LogP contribution in [-0.4, -0.2) is 25.9 Å². The van der Waals surface area contributed by atoms with Crippen molar-refractivity contribution in [3.63, 3.8) is 0 Å². The van der Waals surface area contributed by atoms with Gasteiger partial charge in [-0.2, -0.15) is 5.10 Å². The molecule has 21 heavy (non-hydrogen) atoms. The van der Waals surface area contributed by atoms with E-state index in [1.807, 2.05) is 24.0 Å². The molecule has 0 bridgehead atoms. The maximum absolute atomic E-state index is 4.54. The summed E-state index contributed by atoms with van der Waals surface area (Å²) >= 11 is 3.65. The molecule has 0 spiro atoms. The quantitative estimate of drug-likeness (QED) is 0.832. The Morgan fingerprint density at radius 2 is 2.14 bits per heavy atom. The lowest BCUT2D eigenvalue weighted by molar-refractivity contribution is 0.527. The fourth-order valence-electron chi connectivity index (χ4n) is 2.31. The first-order valence-electron chi connectivity index (χ1n) is 7.45. The van der Waals surface area contributed by atoms with E-state index >= 15 is 0 Å². The first-order valence-corrected chi connectivity index (χ1v) is 8.24. The molecule has 6 heteroatoms. The van der Waals surface area contributed by atoms with Crippen molar-refractivity contribution in [2.45, 2.75) is 47.3 Å². The molecule has 0 aliphatic carbocycles. The van der Waals surface area contributed by atoms with Gasteiger partial charge in [0.2, 0.25) is 0 Å². The number of hydrogen-bond acceptors (Lipinski definition) is 3. The number of nitrogens with zero attached hydrogens (tertiary/aromatic N) is 4. The van der Waals surface area contributed by atoms with Gasteiger partial charge in [-0.25, -0.2) is 4.98 Å². The zero-order chi connectivity index (χ0) is 15.4. The number of imidazole rings is 1. The van der Waals surface area contributed by atoms with E-state index < -0.39 is 0 Å². The Morgan fingerprint density at radius 3 is 2.81 bits per heavy atom. The van der Waals surface area contributed by atoms with Gasteiger partial charge >= 0.3 is 0 Å². The fraction of sp³-hybridized carbons (Fsp3) is 0.600. The number of aryl methyl sites for hydroxylation is 2. The molecule has 0 amide bonds. The van der Waals surface area contributed by atoms with Gasteiger partial charge in [-0.15, -0.1) is 0 Å².